The number of likely N-dealkylation sites (N-methyl/N-ethyl adjacent to an activating group) is 1. The van der Waals surface area contributed by atoms with Crippen LogP contribution < -0.4 is 10.6 Å². The van der Waals surface area contributed by atoms with Gasteiger partial charge in [0.25, 0.3) is 5.91 Å². The minimum atomic E-state index is -0.525. The van der Waals surface area contributed by atoms with E-state index < -0.39 is 29.4 Å². The van der Waals surface area contributed by atoms with Crippen molar-refractivity contribution in [3.63, 3.8) is 0 Å². The van der Waals surface area contributed by atoms with E-state index >= 15 is 0 Å². The number of hydrogen-bond donors (Lipinski definition) is 2. The van der Waals surface area contributed by atoms with Crippen molar-refractivity contribution in [1.29, 1.82) is 0 Å². The van der Waals surface area contributed by atoms with Crippen LogP contribution in [0.15, 0.2) is 48.5 Å². The van der Waals surface area contributed by atoms with Crippen LogP contribution in [-0.2, 0) is 9.59 Å². The number of carbonyl (C=O) groups is 3. The van der Waals surface area contributed by atoms with Crippen molar-refractivity contribution < 1.29 is 23.2 Å². The number of halogens is 2. The topological polar surface area (TPSA) is 78.5 Å². The first-order valence-electron chi connectivity index (χ1n) is 7.68. The van der Waals surface area contributed by atoms with E-state index in [1.165, 1.54) is 43.4 Å². The van der Waals surface area contributed by atoms with Crippen LogP contribution in [0.2, 0.25) is 0 Å². The molecule has 0 bridgehead atoms. The van der Waals surface area contributed by atoms with Crippen LogP contribution in [0, 0.1) is 11.6 Å². The summed E-state index contributed by atoms with van der Waals surface area (Å²) in [6.45, 7) is -0.542. The van der Waals surface area contributed by atoms with Crippen LogP contribution in [0.1, 0.15) is 10.4 Å². The molecule has 0 atom stereocenters. The maximum Gasteiger partial charge on any atom is 0.251 e. The van der Waals surface area contributed by atoms with Crippen molar-refractivity contribution in [3.8, 4) is 0 Å². The normalized spacial score (nSPS) is 10.1. The molecule has 0 unspecified atom stereocenters. The van der Waals surface area contributed by atoms with Gasteiger partial charge in [-0.15, -0.1) is 0 Å². The van der Waals surface area contributed by atoms with E-state index in [1.807, 2.05) is 0 Å². The average Bonchev–Trinajstić information content (AvgIpc) is 2.61. The van der Waals surface area contributed by atoms with E-state index in [4.69, 9.17) is 0 Å². The molecule has 2 aromatic rings. The van der Waals surface area contributed by atoms with Crippen LogP contribution in [0.4, 0.5) is 14.5 Å². The smallest absolute Gasteiger partial charge is 0.251 e. The highest BCUT2D eigenvalue weighted by atomic mass is 19.1. The molecule has 0 saturated heterocycles. The summed E-state index contributed by atoms with van der Waals surface area (Å²) in [6, 6.07) is 10.1. The summed E-state index contributed by atoms with van der Waals surface area (Å²) in [5, 5.41) is 4.93. The SMILES string of the molecule is CN(CC(=O)Nc1ccc(F)cc1)C(=O)CNC(=O)c1ccc(F)cc1. The molecule has 8 heteroatoms. The Labute approximate surface area is 148 Å². The number of hydrogen-bond acceptors (Lipinski definition) is 3. The molecular formula is C18H17F2N3O3. The number of carbonyl (C=O) groups excluding carboxylic acids is 3. The Balaban J connectivity index is 1.79. The summed E-state index contributed by atoms with van der Waals surface area (Å²) in [5.74, 6) is -2.36. The van der Waals surface area contributed by atoms with Gasteiger partial charge in [0.2, 0.25) is 11.8 Å². The lowest BCUT2D eigenvalue weighted by Crippen LogP contribution is -2.41. The summed E-state index contributed by atoms with van der Waals surface area (Å²) < 4.78 is 25.6. The number of rotatable bonds is 6. The molecule has 3 amide bonds. The van der Waals surface area contributed by atoms with Crippen molar-refractivity contribution in [2.24, 2.45) is 0 Å². The van der Waals surface area contributed by atoms with Crippen LogP contribution in [0.3, 0.4) is 0 Å². The third-order valence-electron chi connectivity index (χ3n) is 3.44. The number of nitrogens with zero attached hydrogens (tertiary/aromatic N) is 1. The second kappa shape index (κ2) is 8.70. The van der Waals surface area contributed by atoms with E-state index in [0.29, 0.717) is 5.69 Å². The Hall–Kier alpha value is -3.29. The van der Waals surface area contributed by atoms with Gasteiger partial charge in [-0.2, -0.15) is 0 Å². The molecule has 0 heterocycles. The van der Waals surface area contributed by atoms with Crippen LogP contribution >= 0.6 is 0 Å². The zero-order valence-corrected chi connectivity index (χ0v) is 14.0. The first kappa shape index (κ1) is 19.0. The Kier molecular flexibility index (Phi) is 6.37. The van der Waals surface area contributed by atoms with Crippen molar-refractivity contribution in [1.82, 2.24) is 10.2 Å². The summed E-state index contributed by atoms with van der Waals surface area (Å²) in [7, 11) is 1.41. The maximum atomic E-state index is 12.8. The molecule has 2 aromatic carbocycles. The number of nitrogens with one attached hydrogen (secondary N) is 2. The van der Waals surface area contributed by atoms with Gasteiger partial charge < -0.3 is 15.5 Å². The zero-order chi connectivity index (χ0) is 19.1. The van der Waals surface area contributed by atoms with Crippen LogP contribution in [0.25, 0.3) is 0 Å². The van der Waals surface area contributed by atoms with E-state index in [2.05, 4.69) is 10.6 Å². The summed E-state index contributed by atoms with van der Waals surface area (Å²) in [4.78, 5) is 36.9. The Bertz CT molecular complexity index is 792. The first-order chi connectivity index (χ1) is 12.3. The van der Waals surface area contributed by atoms with Crippen molar-refractivity contribution in [3.05, 3.63) is 65.7 Å². The molecule has 0 aliphatic rings. The van der Waals surface area contributed by atoms with Gasteiger partial charge in [-0.05, 0) is 48.5 Å². The molecule has 26 heavy (non-hydrogen) atoms. The molecular weight excluding hydrogens is 344 g/mol. The largest absolute Gasteiger partial charge is 0.343 e. The second-order valence-electron chi connectivity index (χ2n) is 5.49. The van der Waals surface area contributed by atoms with Crippen molar-refractivity contribution in [2.75, 3.05) is 25.5 Å². The Morgan fingerprint density at radius 3 is 2.04 bits per heavy atom. The fourth-order valence-corrected chi connectivity index (χ4v) is 2.03. The lowest BCUT2D eigenvalue weighted by atomic mass is 10.2. The fourth-order valence-electron chi connectivity index (χ4n) is 2.03. The maximum absolute atomic E-state index is 12.8. The monoisotopic (exact) mass is 361 g/mol. The Morgan fingerprint density at radius 2 is 1.46 bits per heavy atom. The third-order valence-corrected chi connectivity index (χ3v) is 3.44. The highest BCUT2D eigenvalue weighted by Crippen LogP contribution is 2.08. The van der Waals surface area contributed by atoms with Crippen molar-refractivity contribution >= 4 is 23.4 Å². The van der Waals surface area contributed by atoms with E-state index in [1.54, 1.807) is 0 Å². The van der Waals surface area contributed by atoms with Gasteiger partial charge >= 0.3 is 0 Å². The lowest BCUT2D eigenvalue weighted by molar-refractivity contribution is -0.132. The first-order valence-corrected chi connectivity index (χ1v) is 7.68. The second-order valence-corrected chi connectivity index (χ2v) is 5.49. The van der Waals surface area contributed by atoms with Gasteiger partial charge in [0.05, 0.1) is 13.1 Å². The quantitative estimate of drug-likeness (QED) is 0.823. The summed E-state index contributed by atoms with van der Waals surface area (Å²) in [5.41, 5.74) is 0.623. The lowest BCUT2D eigenvalue weighted by Gasteiger charge is -2.17. The molecule has 0 aliphatic heterocycles. The van der Waals surface area contributed by atoms with Crippen LogP contribution in [0.5, 0.6) is 0 Å². The van der Waals surface area contributed by atoms with Gasteiger partial charge in [0.1, 0.15) is 11.6 Å². The predicted molar refractivity (Wildman–Crippen MR) is 91.4 cm³/mol. The number of benzene rings is 2. The predicted octanol–water partition coefficient (Wildman–Crippen LogP) is 1.79. The van der Waals surface area contributed by atoms with Gasteiger partial charge in [-0.1, -0.05) is 0 Å². The van der Waals surface area contributed by atoms with Crippen molar-refractivity contribution in [2.45, 2.75) is 0 Å². The van der Waals surface area contributed by atoms with E-state index in [-0.39, 0.29) is 18.7 Å². The van der Waals surface area contributed by atoms with E-state index in [9.17, 15) is 23.2 Å². The van der Waals surface area contributed by atoms with E-state index in [0.717, 1.165) is 17.0 Å². The molecule has 0 aromatic heterocycles. The highest BCUT2D eigenvalue weighted by molar-refractivity contribution is 5.97. The molecule has 0 radical (unpaired) electrons. The molecule has 136 valence electrons. The fraction of sp³-hybridized carbons (Fsp3) is 0.167. The van der Waals surface area contributed by atoms with Crippen LogP contribution in [-0.4, -0.2) is 42.8 Å². The van der Waals surface area contributed by atoms with Gasteiger partial charge in [-0.25, -0.2) is 8.78 Å². The molecule has 0 aliphatic carbocycles. The summed E-state index contributed by atoms with van der Waals surface area (Å²) >= 11 is 0. The third kappa shape index (κ3) is 5.66. The van der Waals surface area contributed by atoms with Gasteiger partial charge in [-0.3, -0.25) is 14.4 Å². The zero-order valence-electron chi connectivity index (χ0n) is 14.0. The molecule has 6 nitrogen and oxygen atoms in total. The highest BCUT2D eigenvalue weighted by Gasteiger charge is 2.15. The number of amides is 3. The number of anilines is 1. The average molecular weight is 361 g/mol. The standard InChI is InChI=1S/C18H17F2N3O3/c1-23(11-16(24)22-15-8-6-14(20)7-9-15)17(25)10-21-18(26)12-2-4-13(19)5-3-12/h2-9H,10-11H2,1H3,(H,21,26)(H,22,24). The molecule has 0 fully saturated rings. The molecule has 2 rings (SSSR count). The van der Waals surface area contributed by atoms with Gasteiger partial charge in [0, 0.05) is 18.3 Å². The summed E-state index contributed by atoms with van der Waals surface area (Å²) in [6.07, 6.45) is 0. The molecule has 2 N–H and O–H groups in total. The van der Waals surface area contributed by atoms with Gasteiger partial charge in [0.15, 0.2) is 0 Å². The minimum absolute atomic E-state index is 0.218. The Morgan fingerprint density at radius 1 is 0.923 bits per heavy atom. The minimum Gasteiger partial charge on any atom is -0.343 e. The molecule has 0 saturated carbocycles. The molecule has 0 spiro atoms.